The second-order valence-corrected chi connectivity index (χ2v) is 7.00. The molecule has 0 atom stereocenters. The van der Waals surface area contributed by atoms with Crippen molar-refractivity contribution < 1.29 is 14.6 Å². The minimum atomic E-state index is -1.29. The van der Waals surface area contributed by atoms with Crippen LogP contribution in [0.25, 0.3) is 0 Å². The van der Waals surface area contributed by atoms with Gasteiger partial charge in [0.1, 0.15) is 5.75 Å². The van der Waals surface area contributed by atoms with Gasteiger partial charge in [-0.3, -0.25) is 0 Å². The van der Waals surface area contributed by atoms with Gasteiger partial charge in [0, 0.05) is 0 Å². The lowest BCUT2D eigenvalue weighted by Crippen LogP contribution is -2.24. The number of carbonyl (C=O) groups is 1. The lowest BCUT2D eigenvalue weighted by molar-refractivity contribution is 0.144. The first kappa shape index (κ1) is 17.5. The van der Waals surface area contributed by atoms with E-state index in [0.717, 1.165) is 11.8 Å². The number of carboxylic acid groups (broad SMARTS) is 1. The van der Waals surface area contributed by atoms with E-state index in [1.165, 1.54) is 25.7 Å². The Labute approximate surface area is 128 Å². The third kappa shape index (κ3) is 7.16. The van der Waals surface area contributed by atoms with E-state index in [2.05, 4.69) is 32.4 Å². The Bertz CT molecular complexity index is 412. The van der Waals surface area contributed by atoms with E-state index in [9.17, 15) is 4.79 Å². The molecule has 0 amide bonds. The molecule has 0 spiro atoms. The van der Waals surface area contributed by atoms with Gasteiger partial charge in [-0.15, -0.1) is 0 Å². The fraction of sp³-hybridized carbons (Fsp3) is 0.611. The lowest BCUT2D eigenvalue weighted by atomic mass is 9.70. The molecule has 1 aromatic carbocycles. The predicted molar refractivity (Wildman–Crippen MR) is 85.7 cm³/mol. The van der Waals surface area contributed by atoms with Gasteiger partial charge in [0.2, 0.25) is 0 Å². The molecule has 0 heterocycles. The molecule has 0 saturated heterocycles. The quantitative estimate of drug-likeness (QED) is 0.541. The number of benzene rings is 1. The van der Waals surface area contributed by atoms with E-state index in [1.807, 2.05) is 0 Å². The van der Waals surface area contributed by atoms with E-state index in [1.54, 1.807) is 30.3 Å². The minimum absolute atomic E-state index is 0.343. The minimum Gasteiger partial charge on any atom is -0.449 e. The Morgan fingerprint density at radius 2 is 1.62 bits per heavy atom. The Morgan fingerprint density at radius 3 is 2.05 bits per heavy atom. The molecule has 0 unspecified atom stereocenters. The SMILES string of the molecule is CC1CCC(C(C)(C)C)CC1.O=C(O)Oc1ccccc1. The van der Waals surface area contributed by atoms with Gasteiger partial charge in [-0.2, -0.15) is 0 Å². The highest BCUT2D eigenvalue weighted by molar-refractivity contribution is 5.60. The molecule has 1 saturated carbocycles. The highest BCUT2D eigenvalue weighted by atomic mass is 16.7. The molecule has 3 nitrogen and oxygen atoms in total. The molecule has 3 heteroatoms. The molecule has 2 rings (SSSR count). The zero-order chi connectivity index (χ0) is 15.9. The van der Waals surface area contributed by atoms with E-state index < -0.39 is 6.16 Å². The van der Waals surface area contributed by atoms with Gasteiger partial charge in [-0.1, -0.05) is 58.7 Å². The number of hydrogen-bond acceptors (Lipinski definition) is 2. The molecule has 118 valence electrons. The number of hydrogen-bond donors (Lipinski definition) is 1. The third-order valence-electron chi connectivity index (χ3n) is 4.19. The molecular formula is C18H28O3. The Hall–Kier alpha value is -1.51. The molecule has 0 aromatic heterocycles. The lowest BCUT2D eigenvalue weighted by Gasteiger charge is -2.35. The third-order valence-corrected chi connectivity index (χ3v) is 4.19. The molecule has 1 aromatic rings. The molecule has 1 aliphatic rings. The fourth-order valence-corrected chi connectivity index (χ4v) is 2.72. The maximum Gasteiger partial charge on any atom is 0.511 e. The molecule has 21 heavy (non-hydrogen) atoms. The monoisotopic (exact) mass is 292 g/mol. The predicted octanol–water partition coefficient (Wildman–Crippen LogP) is 5.60. The standard InChI is InChI=1S/C11H22.C7H6O3/c1-9-5-7-10(8-6-9)11(2,3)4;8-7(9)10-6-4-2-1-3-5-6/h9-10H,5-8H2,1-4H3;1-5H,(H,8,9). The van der Waals surface area contributed by atoms with Crippen LogP contribution in [0.2, 0.25) is 0 Å². The smallest absolute Gasteiger partial charge is 0.449 e. The van der Waals surface area contributed by atoms with Crippen LogP contribution in [0.3, 0.4) is 0 Å². The Kier molecular flexibility index (Phi) is 6.73. The van der Waals surface area contributed by atoms with Crippen molar-refractivity contribution in [1.29, 1.82) is 0 Å². The van der Waals surface area contributed by atoms with Crippen molar-refractivity contribution in [2.45, 2.75) is 53.4 Å². The molecule has 1 aliphatic carbocycles. The summed E-state index contributed by atoms with van der Waals surface area (Å²) >= 11 is 0. The normalized spacial score (nSPS) is 21.9. The van der Waals surface area contributed by atoms with Crippen LogP contribution in [0.5, 0.6) is 5.75 Å². The van der Waals surface area contributed by atoms with Gasteiger partial charge in [0.25, 0.3) is 0 Å². The van der Waals surface area contributed by atoms with Gasteiger partial charge in [0.15, 0.2) is 0 Å². The van der Waals surface area contributed by atoms with Crippen molar-refractivity contribution in [3.05, 3.63) is 30.3 Å². The molecule has 0 bridgehead atoms. The van der Waals surface area contributed by atoms with Crippen LogP contribution in [-0.2, 0) is 0 Å². The van der Waals surface area contributed by atoms with Gasteiger partial charge in [0.05, 0.1) is 0 Å². The van der Waals surface area contributed by atoms with Crippen molar-refractivity contribution in [3.8, 4) is 5.75 Å². The molecule has 1 fully saturated rings. The van der Waals surface area contributed by atoms with Gasteiger partial charge >= 0.3 is 6.16 Å². The number of rotatable bonds is 1. The maximum absolute atomic E-state index is 9.95. The summed E-state index contributed by atoms with van der Waals surface area (Å²) in [6.07, 6.45) is 4.56. The highest BCUT2D eigenvalue weighted by Crippen LogP contribution is 2.39. The Balaban J connectivity index is 0.000000211. The van der Waals surface area contributed by atoms with Crippen molar-refractivity contribution in [2.24, 2.45) is 17.3 Å². The first-order chi connectivity index (χ1) is 9.79. The van der Waals surface area contributed by atoms with Gasteiger partial charge in [-0.05, 0) is 42.2 Å². The van der Waals surface area contributed by atoms with Crippen molar-refractivity contribution in [3.63, 3.8) is 0 Å². The van der Waals surface area contributed by atoms with Crippen LogP contribution in [-0.4, -0.2) is 11.3 Å². The van der Waals surface area contributed by atoms with Crippen molar-refractivity contribution in [2.75, 3.05) is 0 Å². The average Bonchev–Trinajstić information content (AvgIpc) is 2.39. The van der Waals surface area contributed by atoms with E-state index >= 15 is 0 Å². The number of para-hydroxylation sites is 1. The summed E-state index contributed by atoms with van der Waals surface area (Å²) in [7, 11) is 0. The topological polar surface area (TPSA) is 46.5 Å². The van der Waals surface area contributed by atoms with Gasteiger partial charge < -0.3 is 9.84 Å². The summed E-state index contributed by atoms with van der Waals surface area (Å²) < 4.78 is 4.33. The summed E-state index contributed by atoms with van der Waals surface area (Å²) in [5, 5.41) is 8.14. The summed E-state index contributed by atoms with van der Waals surface area (Å²) in [6.45, 7) is 9.54. The average molecular weight is 292 g/mol. The first-order valence-corrected chi connectivity index (χ1v) is 7.75. The summed E-state index contributed by atoms with van der Waals surface area (Å²) in [5.41, 5.74) is 0.556. The molecular weight excluding hydrogens is 264 g/mol. The fourth-order valence-electron chi connectivity index (χ4n) is 2.72. The van der Waals surface area contributed by atoms with Crippen molar-refractivity contribution in [1.82, 2.24) is 0 Å². The number of ether oxygens (including phenoxy) is 1. The van der Waals surface area contributed by atoms with E-state index in [4.69, 9.17) is 5.11 Å². The molecule has 0 radical (unpaired) electrons. The van der Waals surface area contributed by atoms with E-state index in [-0.39, 0.29) is 0 Å². The first-order valence-electron chi connectivity index (χ1n) is 7.75. The maximum atomic E-state index is 9.95. The zero-order valence-electron chi connectivity index (χ0n) is 13.6. The van der Waals surface area contributed by atoms with Crippen LogP contribution >= 0.6 is 0 Å². The Morgan fingerprint density at radius 1 is 1.10 bits per heavy atom. The summed E-state index contributed by atoms with van der Waals surface area (Å²) in [5.74, 6) is 2.32. The van der Waals surface area contributed by atoms with Crippen LogP contribution < -0.4 is 4.74 Å². The van der Waals surface area contributed by atoms with Crippen LogP contribution in [0.15, 0.2) is 30.3 Å². The second-order valence-electron chi connectivity index (χ2n) is 7.00. The van der Waals surface area contributed by atoms with Gasteiger partial charge in [-0.25, -0.2) is 4.79 Å². The largest absolute Gasteiger partial charge is 0.511 e. The van der Waals surface area contributed by atoms with Crippen LogP contribution in [0, 0.1) is 17.3 Å². The zero-order valence-corrected chi connectivity index (χ0v) is 13.6. The van der Waals surface area contributed by atoms with Crippen LogP contribution in [0.4, 0.5) is 4.79 Å². The van der Waals surface area contributed by atoms with Crippen LogP contribution in [0.1, 0.15) is 53.4 Å². The van der Waals surface area contributed by atoms with E-state index in [0.29, 0.717) is 11.2 Å². The van der Waals surface area contributed by atoms with Crippen molar-refractivity contribution >= 4 is 6.16 Å². The molecule has 1 N–H and O–H groups in total. The summed E-state index contributed by atoms with van der Waals surface area (Å²) in [6, 6.07) is 8.35. The second kappa shape index (κ2) is 8.06. The molecule has 0 aliphatic heterocycles. The summed E-state index contributed by atoms with van der Waals surface area (Å²) in [4.78, 5) is 9.95. The highest BCUT2D eigenvalue weighted by Gasteiger charge is 2.27.